The fraction of sp³-hybridized carbons (Fsp3) is 0. The Balaban J connectivity index is 1.82. The highest BCUT2D eigenvalue weighted by Crippen LogP contribution is 2.23. The van der Waals surface area contributed by atoms with Crippen molar-refractivity contribution in [2.75, 3.05) is 10.6 Å². The summed E-state index contributed by atoms with van der Waals surface area (Å²) in [6, 6.07) is 8.72. The van der Waals surface area contributed by atoms with Gasteiger partial charge in [-0.1, -0.05) is 17.7 Å². The number of hydrogen-bond acceptors (Lipinski definition) is 5. The monoisotopic (exact) mass is 351 g/mol. The fourth-order valence-electron chi connectivity index (χ4n) is 1.87. The standard InChI is InChI=1S/C15H9ClF3N5/c16-8-2-1-3-9(6-8)21-12-7-20-24-15(23-12)22-11-5-4-10(17)13(18)14(11)19/h1-7H,(H2,21,22,23,24). The quantitative estimate of drug-likeness (QED) is 0.681. The van der Waals surface area contributed by atoms with Gasteiger partial charge in [0, 0.05) is 10.7 Å². The van der Waals surface area contributed by atoms with Crippen molar-refractivity contribution in [1.82, 2.24) is 15.2 Å². The van der Waals surface area contributed by atoms with E-state index in [2.05, 4.69) is 25.8 Å². The number of benzene rings is 2. The molecule has 0 bridgehead atoms. The summed E-state index contributed by atoms with van der Waals surface area (Å²) in [4.78, 5) is 4.06. The lowest BCUT2D eigenvalue weighted by Gasteiger charge is -2.09. The number of anilines is 4. The summed E-state index contributed by atoms with van der Waals surface area (Å²) in [6.07, 6.45) is 1.34. The van der Waals surface area contributed by atoms with Crippen LogP contribution in [0.4, 0.5) is 36.3 Å². The summed E-state index contributed by atoms with van der Waals surface area (Å²) in [5, 5.41) is 13.3. The Hall–Kier alpha value is -2.87. The molecule has 1 heterocycles. The molecule has 2 aromatic carbocycles. The summed E-state index contributed by atoms with van der Waals surface area (Å²) >= 11 is 5.89. The minimum absolute atomic E-state index is 0.0908. The number of halogens is 4. The van der Waals surface area contributed by atoms with Crippen molar-refractivity contribution < 1.29 is 13.2 Å². The van der Waals surface area contributed by atoms with E-state index in [1.165, 1.54) is 6.20 Å². The number of nitrogens with one attached hydrogen (secondary N) is 2. The highest BCUT2D eigenvalue weighted by molar-refractivity contribution is 6.30. The van der Waals surface area contributed by atoms with Crippen LogP contribution in [0.5, 0.6) is 0 Å². The summed E-state index contributed by atoms with van der Waals surface area (Å²) in [6.45, 7) is 0. The Labute approximate surface area is 139 Å². The molecule has 0 saturated carbocycles. The van der Waals surface area contributed by atoms with Crippen LogP contribution in [-0.2, 0) is 0 Å². The maximum atomic E-state index is 13.7. The normalized spacial score (nSPS) is 10.5. The van der Waals surface area contributed by atoms with Crippen molar-refractivity contribution in [2.45, 2.75) is 0 Å². The van der Waals surface area contributed by atoms with Gasteiger partial charge in [-0.05, 0) is 30.3 Å². The van der Waals surface area contributed by atoms with E-state index in [-0.39, 0.29) is 11.6 Å². The van der Waals surface area contributed by atoms with Crippen molar-refractivity contribution in [3.63, 3.8) is 0 Å². The summed E-state index contributed by atoms with van der Waals surface area (Å²) in [5.41, 5.74) is 0.351. The molecule has 3 aromatic rings. The van der Waals surface area contributed by atoms with Gasteiger partial charge in [-0.3, -0.25) is 0 Å². The topological polar surface area (TPSA) is 62.7 Å². The maximum absolute atomic E-state index is 13.7. The lowest BCUT2D eigenvalue weighted by Crippen LogP contribution is -2.05. The predicted octanol–water partition coefficient (Wildman–Crippen LogP) is 4.43. The van der Waals surface area contributed by atoms with Crippen molar-refractivity contribution >= 4 is 34.7 Å². The highest BCUT2D eigenvalue weighted by atomic mass is 35.5. The molecule has 0 fully saturated rings. The summed E-state index contributed by atoms with van der Waals surface area (Å²) in [7, 11) is 0. The zero-order valence-electron chi connectivity index (χ0n) is 11.9. The Morgan fingerprint density at radius 2 is 1.79 bits per heavy atom. The summed E-state index contributed by atoms with van der Waals surface area (Å²) in [5.74, 6) is -4.02. The van der Waals surface area contributed by atoms with Gasteiger partial charge in [-0.25, -0.2) is 13.2 Å². The Bertz CT molecular complexity index is 891. The van der Waals surface area contributed by atoms with Gasteiger partial charge in [-0.2, -0.15) is 10.1 Å². The second-order valence-electron chi connectivity index (χ2n) is 4.65. The summed E-state index contributed by atoms with van der Waals surface area (Å²) < 4.78 is 39.8. The van der Waals surface area contributed by atoms with E-state index >= 15 is 0 Å². The van der Waals surface area contributed by atoms with Gasteiger partial charge in [-0.15, -0.1) is 5.10 Å². The van der Waals surface area contributed by atoms with Crippen molar-refractivity contribution in [1.29, 1.82) is 0 Å². The van der Waals surface area contributed by atoms with Crippen LogP contribution in [0, 0.1) is 17.5 Å². The predicted molar refractivity (Wildman–Crippen MR) is 84.2 cm³/mol. The van der Waals surface area contributed by atoms with Gasteiger partial charge in [0.2, 0.25) is 5.95 Å². The zero-order valence-corrected chi connectivity index (χ0v) is 12.7. The molecule has 9 heteroatoms. The van der Waals surface area contributed by atoms with Crippen LogP contribution in [0.2, 0.25) is 5.02 Å². The first-order chi connectivity index (χ1) is 11.5. The first-order valence-electron chi connectivity index (χ1n) is 6.66. The maximum Gasteiger partial charge on any atom is 0.249 e. The largest absolute Gasteiger partial charge is 0.339 e. The van der Waals surface area contributed by atoms with Gasteiger partial charge in [0.1, 0.15) is 0 Å². The Morgan fingerprint density at radius 3 is 2.58 bits per heavy atom. The highest BCUT2D eigenvalue weighted by Gasteiger charge is 2.14. The molecule has 0 saturated heterocycles. The van der Waals surface area contributed by atoms with E-state index < -0.39 is 17.5 Å². The van der Waals surface area contributed by atoms with Gasteiger partial charge in [0.25, 0.3) is 0 Å². The Morgan fingerprint density at radius 1 is 0.958 bits per heavy atom. The van der Waals surface area contributed by atoms with E-state index in [1.807, 2.05) is 0 Å². The number of hydrogen-bond donors (Lipinski definition) is 2. The average Bonchev–Trinajstić information content (AvgIpc) is 2.56. The molecule has 0 spiro atoms. The van der Waals surface area contributed by atoms with Crippen molar-refractivity contribution in [3.05, 3.63) is 65.1 Å². The van der Waals surface area contributed by atoms with Crippen LogP contribution in [-0.4, -0.2) is 15.2 Å². The van der Waals surface area contributed by atoms with E-state index in [4.69, 9.17) is 11.6 Å². The van der Waals surface area contributed by atoms with E-state index in [0.29, 0.717) is 16.5 Å². The van der Waals surface area contributed by atoms with E-state index in [9.17, 15) is 13.2 Å². The van der Waals surface area contributed by atoms with Crippen LogP contribution < -0.4 is 10.6 Å². The minimum atomic E-state index is -1.58. The molecule has 5 nitrogen and oxygen atoms in total. The molecule has 0 aliphatic rings. The smallest absolute Gasteiger partial charge is 0.249 e. The Kier molecular flexibility index (Phi) is 4.48. The molecule has 0 aliphatic carbocycles. The number of rotatable bonds is 4. The first-order valence-corrected chi connectivity index (χ1v) is 7.03. The molecule has 122 valence electrons. The van der Waals surface area contributed by atoms with Gasteiger partial charge in [0.05, 0.1) is 11.9 Å². The van der Waals surface area contributed by atoms with Crippen LogP contribution in [0.1, 0.15) is 0 Å². The minimum Gasteiger partial charge on any atom is -0.339 e. The van der Waals surface area contributed by atoms with E-state index in [0.717, 1.165) is 12.1 Å². The number of nitrogens with zero attached hydrogens (tertiary/aromatic N) is 3. The van der Waals surface area contributed by atoms with Gasteiger partial charge < -0.3 is 10.6 Å². The SMILES string of the molecule is Fc1ccc(Nc2nncc(Nc3cccc(Cl)c3)n2)c(F)c1F. The molecule has 0 amide bonds. The second-order valence-corrected chi connectivity index (χ2v) is 5.08. The third-order valence-electron chi connectivity index (χ3n) is 2.94. The lowest BCUT2D eigenvalue weighted by atomic mass is 10.3. The molecule has 0 atom stereocenters. The molecule has 3 rings (SSSR count). The van der Waals surface area contributed by atoms with Gasteiger partial charge >= 0.3 is 0 Å². The molecule has 2 N–H and O–H groups in total. The van der Waals surface area contributed by atoms with Crippen LogP contribution >= 0.6 is 11.6 Å². The zero-order chi connectivity index (χ0) is 17.1. The molecular formula is C15H9ClF3N5. The van der Waals surface area contributed by atoms with Crippen LogP contribution in [0.25, 0.3) is 0 Å². The molecule has 0 aliphatic heterocycles. The first kappa shape index (κ1) is 16.0. The van der Waals surface area contributed by atoms with Crippen LogP contribution in [0.15, 0.2) is 42.6 Å². The average molecular weight is 352 g/mol. The molecule has 0 unspecified atom stereocenters. The molecular weight excluding hydrogens is 343 g/mol. The van der Waals surface area contributed by atoms with Crippen molar-refractivity contribution in [2.24, 2.45) is 0 Å². The number of aromatic nitrogens is 3. The van der Waals surface area contributed by atoms with E-state index in [1.54, 1.807) is 24.3 Å². The lowest BCUT2D eigenvalue weighted by molar-refractivity contribution is 0.449. The van der Waals surface area contributed by atoms with Crippen LogP contribution in [0.3, 0.4) is 0 Å². The molecule has 0 radical (unpaired) electrons. The fourth-order valence-corrected chi connectivity index (χ4v) is 2.06. The molecule has 24 heavy (non-hydrogen) atoms. The van der Waals surface area contributed by atoms with Crippen molar-refractivity contribution in [3.8, 4) is 0 Å². The second kappa shape index (κ2) is 6.71. The molecule has 1 aromatic heterocycles. The van der Waals surface area contributed by atoms with Gasteiger partial charge in [0.15, 0.2) is 23.3 Å². The third-order valence-corrected chi connectivity index (χ3v) is 3.17. The third kappa shape index (κ3) is 3.54.